The highest BCUT2D eigenvalue weighted by Crippen LogP contribution is 2.06. The fourth-order valence-electron chi connectivity index (χ4n) is 1.27. The summed E-state index contributed by atoms with van der Waals surface area (Å²) in [5.74, 6) is -1.05. The van der Waals surface area contributed by atoms with E-state index in [1.807, 2.05) is 30.3 Å². The van der Waals surface area contributed by atoms with Crippen LogP contribution in [0.3, 0.4) is 0 Å². The first-order valence-electron chi connectivity index (χ1n) is 5.68. The SMILES string of the molecule is C=C(CC(=O)OCc1ccccc1)C(=O)OCC. The molecule has 18 heavy (non-hydrogen) atoms. The average molecular weight is 248 g/mol. The Morgan fingerprint density at radius 1 is 1.17 bits per heavy atom. The normalized spacial score (nSPS) is 9.61. The largest absolute Gasteiger partial charge is 0.463 e. The van der Waals surface area contributed by atoms with Gasteiger partial charge in [-0.15, -0.1) is 0 Å². The Kier molecular flexibility index (Phi) is 5.64. The van der Waals surface area contributed by atoms with E-state index in [-0.39, 0.29) is 25.2 Å². The summed E-state index contributed by atoms with van der Waals surface area (Å²) in [4.78, 5) is 22.7. The van der Waals surface area contributed by atoms with Crippen molar-refractivity contribution < 1.29 is 19.1 Å². The van der Waals surface area contributed by atoms with Crippen molar-refractivity contribution in [3.63, 3.8) is 0 Å². The van der Waals surface area contributed by atoms with E-state index in [1.54, 1.807) is 6.92 Å². The Morgan fingerprint density at radius 2 is 1.83 bits per heavy atom. The maximum atomic E-state index is 11.4. The number of benzene rings is 1. The maximum absolute atomic E-state index is 11.4. The Bertz CT molecular complexity index is 423. The van der Waals surface area contributed by atoms with Crippen LogP contribution in [-0.4, -0.2) is 18.5 Å². The summed E-state index contributed by atoms with van der Waals surface area (Å²) in [5, 5.41) is 0. The predicted octanol–water partition coefficient (Wildman–Crippen LogP) is 2.24. The third-order valence-electron chi connectivity index (χ3n) is 2.16. The first kappa shape index (κ1) is 14.0. The molecular weight excluding hydrogens is 232 g/mol. The van der Waals surface area contributed by atoms with Crippen molar-refractivity contribution in [2.24, 2.45) is 0 Å². The Hall–Kier alpha value is -2.10. The number of hydrogen-bond donors (Lipinski definition) is 0. The molecule has 4 nitrogen and oxygen atoms in total. The van der Waals surface area contributed by atoms with Crippen LogP contribution >= 0.6 is 0 Å². The molecule has 0 unspecified atom stereocenters. The van der Waals surface area contributed by atoms with E-state index in [4.69, 9.17) is 9.47 Å². The molecule has 0 aliphatic rings. The highest BCUT2D eigenvalue weighted by molar-refractivity contribution is 5.93. The smallest absolute Gasteiger partial charge is 0.333 e. The number of carbonyl (C=O) groups is 2. The lowest BCUT2D eigenvalue weighted by molar-refractivity contribution is -0.147. The zero-order chi connectivity index (χ0) is 13.4. The first-order chi connectivity index (χ1) is 8.63. The fraction of sp³-hybridized carbons (Fsp3) is 0.286. The van der Waals surface area contributed by atoms with Crippen LogP contribution in [0.4, 0.5) is 0 Å². The summed E-state index contributed by atoms with van der Waals surface area (Å²) in [6.07, 6.45) is -0.147. The van der Waals surface area contributed by atoms with Crippen molar-refractivity contribution in [1.82, 2.24) is 0 Å². The van der Waals surface area contributed by atoms with E-state index < -0.39 is 11.9 Å². The third kappa shape index (κ3) is 4.82. The van der Waals surface area contributed by atoms with Gasteiger partial charge in [-0.2, -0.15) is 0 Å². The highest BCUT2D eigenvalue weighted by atomic mass is 16.5. The van der Waals surface area contributed by atoms with Gasteiger partial charge in [-0.05, 0) is 12.5 Å². The molecule has 0 spiro atoms. The van der Waals surface area contributed by atoms with Gasteiger partial charge in [-0.3, -0.25) is 4.79 Å². The van der Waals surface area contributed by atoms with Gasteiger partial charge in [0, 0.05) is 5.57 Å². The molecule has 1 aromatic rings. The Balaban J connectivity index is 2.34. The standard InChI is InChI=1S/C14H16O4/c1-3-17-14(16)11(2)9-13(15)18-10-12-7-5-4-6-8-12/h4-8H,2-3,9-10H2,1H3. The number of rotatable bonds is 6. The number of esters is 2. The summed E-state index contributed by atoms with van der Waals surface area (Å²) in [5.41, 5.74) is 1.00. The van der Waals surface area contributed by atoms with Crippen molar-refractivity contribution >= 4 is 11.9 Å². The molecule has 0 heterocycles. The van der Waals surface area contributed by atoms with Gasteiger partial charge in [0.1, 0.15) is 6.61 Å². The molecule has 0 aliphatic carbocycles. The second-order valence-corrected chi connectivity index (χ2v) is 3.65. The quantitative estimate of drug-likeness (QED) is 0.572. The summed E-state index contributed by atoms with van der Waals surface area (Å²) in [6, 6.07) is 9.32. The highest BCUT2D eigenvalue weighted by Gasteiger charge is 2.13. The van der Waals surface area contributed by atoms with Crippen molar-refractivity contribution in [2.75, 3.05) is 6.61 Å². The lowest BCUT2D eigenvalue weighted by Crippen LogP contribution is -2.12. The van der Waals surface area contributed by atoms with Crippen molar-refractivity contribution in [1.29, 1.82) is 0 Å². The molecule has 1 rings (SSSR count). The predicted molar refractivity (Wildman–Crippen MR) is 66.6 cm³/mol. The van der Waals surface area contributed by atoms with E-state index in [0.717, 1.165) is 5.56 Å². The Morgan fingerprint density at radius 3 is 2.44 bits per heavy atom. The molecule has 0 bridgehead atoms. The van der Waals surface area contributed by atoms with E-state index in [2.05, 4.69) is 6.58 Å². The molecule has 0 fully saturated rings. The zero-order valence-corrected chi connectivity index (χ0v) is 10.3. The molecule has 96 valence electrons. The second-order valence-electron chi connectivity index (χ2n) is 3.65. The minimum absolute atomic E-state index is 0.106. The second kappa shape index (κ2) is 7.27. The molecule has 0 saturated carbocycles. The molecule has 0 N–H and O–H groups in total. The van der Waals surface area contributed by atoms with Crippen LogP contribution in [0.5, 0.6) is 0 Å². The monoisotopic (exact) mass is 248 g/mol. The molecule has 0 aliphatic heterocycles. The minimum Gasteiger partial charge on any atom is -0.463 e. The molecule has 4 heteroatoms. The van der Waals surface area contributed by atoms with Crippen LogP contribution in [0.1, 0.15) is 18.9 Å². The van der Waals surface area contributed by atoms with Gasteiger partial charge in [0.2, 0.25) is 0 Å². The lowest BCUT2D eigenvalue weighted by Gasteiger charge is -2.06. The lowest BCUT2D eigenvalue weighted by atomic mass is 10.2. The molecular formula is C14H16O4. The molecule has 0 aromatic heterocycles. The molecule has 0 atom stereocenters. The van der Waals surface area contributed by atoms with Crippen LogP contribution in [0.25, 0.3) is 0 Å². The molecule has 0 radical (unpaired) electrons. The summed E-state index contributed by atoms with van der Waals surface area (Å²) in [6.45, 7) is 5.64. The van der Waals surface area contributed by atoms with Crippen LogP contribution in [0.15, 0.2) is 42.5 Å². The topological polar surface area (TPSA) is 52.6 Å². The van der Waals surface area contributed by atoms with Gasteiger partial charge >= 0.3 is 11.9 Å². The Labute approximate surface area is 106 Å². The van der Waals surface area contributed by atoms with Gasteiger partial charge in [0.05, 0.1) is 13.0 Å². The fourth-order valence-corrected chi connectivity index (χ4v) is 1.27. The first-order valence-corrected chi connectivity index (χ1v) is 5.68. The molecule has 0 saturated heterocycles. The average Bonchev–Trinajstić information content (AvgIpc) is 2.38. The maximum Gasteiger partial charge on any atom is 0.333 e. The van der Waals surface area contributed by atoms with E-state index in [9.17, 15) is 9.59 Å². The van der Waals surface area contributed by atoms with Crippen molar-refractivity contribution in [2.45, 2.75) is 20.0 Å². The van der Waals surface area contributed by atoms with E-state index >= 15 is 0 Å². The third-order valence-corrected chi connectivity index (χ3v) is 2.16. The summed E-state index contributed by atoms with van der Waals surface area (Å²) in [7, 11) is 0. The van der Waals surface area contributed by atoms with Gasteiger partial charge < -0.3 is 9.47 Å². The minimum atomic E-state index is -0.561. The number of carbonyl (C=O) groups excluding carboxylic acids is 2. The van der Waals surface area contributed by atoms with Crippen LogP contribution < -0.4 is 0 Å². The van der Waals surface area contributed by atoms with E-state index in [0.29, 0.717) is 0 Å². The van der Waals surface area contributed by atoms with E-state index in [1.165, 1.54) is 0 Å². The van der Waals surface area contributed by atoms with Gasteiger partial charge in [0.25, 0.3) is 0 Å². The number of ether oxygens (including phenoxy) is 2. The summed E-state index contributed by atoms with van der Waals surface area (Å²) >= 11 is 0. The molecule has 0 amide bonds. The van der Waals surface area contributed by atoms with Crippen LogP contribution in [-0.2, 0) is 25.7 Å². The number of hydrogen-bond acceptors (Lipinski definition) is 4. The van der Waals surface area contributed by atoms with Gasteiger partial charge in [-0.1, -0.05) is 36.9 Å². The summed E-state index contributed by atoms with van der Waals surface area (Å²) < 4.78 is 9.74. The van der Waals surface area contributed by atoms with Gasteiger partial charge in [0.15, 0.2) is 0 Å². The van der Waals surface area contributed by atoms with Crippen LogP contribution in [0, 0.1) is 0 Å². The van der Waals surface area contributed by atoms with Gasteiger partial charge in [-0.25, -0.2) is 4.79 Å². The van der Waals surface area contributed by atoms with Crippen molar-refractivity contribution in [3.8, 4) is 0 Å². The van der Waals surface area contributed by atoms with Crippen molar-refractivity contribution in [3.05, 3.63) is 48.0 Å². The van der Waals surface area contributed by atoms with Crippen LogP contribution in [0.2, 0.25) is 0 Å². The molecule has 1 aromatic carbocycles. The zero-order valence-electron chi connectivity index (χ0n) is 10.3.